The molecule has 0 heterocycles. The summed E-state index contributed by atoms with van der Waals surface area (Å²) in [4.78, 5) is 2.33. The summed E-state index contributed by atoms with van der Waals surface area (Å²) < 4.78 is 10.9. The first-order valence-corrected chi connectivity index (χ1v) is 9.68. The number of nitrogens with zero attached hydrogens (tertiary/aromatic N) is 1. The van der Waals surface area contributed by atoms with Gasteiger partial charge in [-0.3, -0.25) is 4.90 Å². The lowest BCUT2D eigenvalue weighted by Crippen LogP contribution is -2.40. The van der Waals surface area contributed by atoms with Crippen LogP contribution in [0.15, 0.2) is 42.5 Å². The Labute approximate surface area is 163 Å². The molecule has 0 aromatic heterocycles. The molecular formula is C23H33NO3. The third-order valence-electron chi connectivity index (χ3n) is 5.03. The van der Waals surface area contributed by atoms with Gasteiger partial charge in [0.2, 0.25) is 0 Å². The summed E-state index contributed by atoms with van der Waals surface area (Å²) in [6.07, 6.45) is 0.489. The Morgan fingerprint density at radius 1 is 1.04 bits per heavy atom. The molecule has 0 saturated carbocycles. The van der Waals surface area contributed by atoms with Crippen molar-refractivity contribution in [2.24, 2.45) is 0 Å². The van der Waals surface area contributed by atoms with E-state index in [-0.39, 0.29) is 6.61 Å². The fourth-order valence-electron chi connectivity index (χ4n) is 3.09. The van der Waals surface area contributed by atoms with Crippen molar-refractivity contribution < 1.29 is 14.6 Å². The maximum Gasteiger partial charge on any atom is 0.119 e. The molecule has 0 saturated heterocycles. The molecule has 0 bridgehead atoms. The van der Waals surface area contributed by atoms with E-state index in [9.17, 15) is 5.11 Å². The Hall–Kier alpha value is -2.04. The molecule has 27 heavy (non-hydrogen) atoms. The van der Waals surface area contributed by atoms with E-state index in [1.165, 1.54) is 16.7 Å². The van der Waals surface area contributed by atoms with Crippen molar-refractivity contribution in [1.29, 1.82) is 0 Å². The van der Waals surface area contributed by atoms with E-state index >= 15 is 0 Å². The maximum atomic E-state index is 10.5. The van der Waals surface area contributed by atoms with Gasteiger partial charge in [0.25, 0.3) is 0 Å². The molecule has 1 N–H and O–H groups in total. The molecule has 0 aliphatic carbocycles. The van der Waals surface area contributed by atoms with Crippen LogP contribution in [-0.4, -0.2) is 42.4 Å². The lowest BCUT2D eigenvalue weighted by atomic mass is 10.0. The topological polar surface area (TPSA) is 41.9 Å². The molecule has 0 unspecified atom stereocenters. The zero-order valence-electron chi connectivity index (χ0n) is 17.2. The molecule has 148 valence electrons. The van der Waals surface area contributed by atoms with Crippen molar-refractivity contribution >= 4 is 0 Å². The highest BCUT2D eigenvalue weighted by Gasteiger charge is 2.18. The molecular weight excluding hydrogens is 338 g/mol. The molecule has 0 radical (unpaired) electrons. The van der Waals surface area contributed by atoms with Crippen molar-refractivity contribution in [2.45, 2.75) is 52.8 Å². The summed E-state index contributed by atoms with van der Waals surface area (Å²) in [6.45, 7) is 10.3. The summed E-state index contributed by atoms with van der Waals surface area (Å²) in [5.41, 5.74) is 3.88. The fourth-order valence-corrected chi connectivity index (χ4v) is 3.09. The minimum absolute atomic E-state index is 0.270. The Kier molecular flexibility index (Phi) is 8.14. The van der Waals surface area contributed by atoms with E-state index in [1.807, 2.05) is 24.3 Å². The Bertz CT molecular complexity index is 699. The summed E-state index contributed by atoms with van der Waals surface area (Å²) in [5.74, 6) is 1.53. The standard InChI is InChI=1S/C23H33NO3/c1-6-19(4)24(14-20-8-7-17(2)13-18(20)3)15-21(25)16-27-23-11-9-22(26-5)10-12-23/h7-13,19,21,25H,6,14-16H2,1-5H3/t19-,21-/m1/s1. The Morgan fingerprint density at radius 2 is 1.70 bits per heavy atom. The number of aliphatic hydroxyl groups excluding tert-OH is 1. The number of rotatable bonds is 10. The molecule has 2 atom stereocenters. The van der Waals surface area contributed by atoms with Gasteiger partial charge in [-0.25, -0.2) is 0 Å². The van der Waals surface area contributed by atoms with E-state index in [4.69, 9.17) is 9.47 Å². The smallest absolute Gasteiger partial charge is 0.119 e. The molecule has 0 aliphatic heterocycles. The van der Waals surface area contributed by atoms with E-state index in [0.717, 1.165) is 24.5 Å². The van der Waals surface area contributed by atoms with E-state index < -0.39 is 6.10 Å². The number of ether oxygens (including phenoxy) is 2. The summed E-state index contributed by atoms with van der Waals surface area (Å²) in [5, 5.41) is 10.5. The first-order chi connectivity index (χ1) is 12.9. The summed E-state index contributed by atoms with van der Waals surface area (Å²) in [6, 6.07) is 14.4. The van der Waals surface area contributed by atoms with Gasteiger partial charge in [-0.2, -0.15) is 0 Å². The molecule has 4 heteroatoms. The van der Waals surface area contributed by atoms with Gasteiger partial charge in [0.05, 0.1) is 7.11 Å². The quantitative estimate of drug-likeness (QED) is 0.674. The van der Waals surface area contributed by atoms with Crippen LogP contribution in [0.1, 0.15) is 37.0 Å². The fraction of sp³-hybridized carbons (Fsp3) is 0.478. The van der Waals surface area contributed by atoms with Crippen LogP contribution in [0, 0.1) is 13.8 Å². The van der Waals surface area contributed by atoms with Crippen LogP contribution in [0.25, 0.3) is 0 Å². The lowest BCUT2D eigenvalue weighted by molar-refractivity contribution is 0.0505. The summed E-state index contributed by atoms with van der Waals surface area (Å²) in [7, 11) is 1.64. The molecule has 2 aromatic carbocycles. The van der Waals surface area contributed by atoms with Crippen LogP contribution in [0.5, 0.6) is 11.5 Å². The normalized spacial score (nSPS) is 13.4. The molecule has 0 fully saturated rings. The molecule has 4 nitrogen and oxygen atoms in total. The number of aliphatic hydroxyl groups is 1. The maximum absolute atomic E-state index is 10.5. The first-order valence-electron chi connectivity index (χ1n) is 9.68. The highest BCUT2D eigenvalue weighted by atomic mass is 16.5. The number of methoxy groups -OCH3 is 1. The van der Waals surface area contributed by atoms with Gasteiger partial charge in [0, 0.05) is 19.1 Å². The molecule has 0 amide bonds. The highest BCUT2D eigenvalue weighted by Crippen LogP contribution is 2.19. The van der Waals surface area contributed by atoms with Crippen molar-refractivity contribution in [2.75, 3.05) is 20.3 Å². The van der Waals surface area contributed by atoms with Gasteiger partial charge in [-0.15, -0.1) is 0 Å². The van der Waals surface area contributed by atoms with Gasteiger partial charge < -0.3 is 14.6 Å². The van der Waals surface area contributed by atoms with E-state index in [1.54, 1.807) is 7.11 Å². The number of hydrogen-bond acceptors (Lipinski definition) is 4. The van der Waals surface area contributed by atoms with Gasteiger partial charge in [0.15, 0.2) is 0 Å². The first kappa shape index (κ1) is 21.3. The number of aryl methyl sites for hydroxylation is 2. The third kappa shape index (κ3) is 6.56. The molecule has 2 aromatic rings. The number of hydrogen-bond donors (Lipinski definition) is 1. The van der Waals surface area contributed by atoms with Crippen LogP contribution < -0.4 is 9.47 Å². The van der Waals surface area contributed by atoms with Crippen LogP contribution in [0.2, 0.25) is 0 Å². The largest absolute Gasteiger partial charge is 0.497 e. The predicted octanol–water partition coefficient (Wildman–Crippen LogP) is 4.35. The average Bonchev–Trinajstić information content (AvgIpc) is 2.67. The van der Waals surface area contributed by atoms with Crippen molar-refractivity contribution in [3.05, 3.63) is 59.2 Å². The highest BCUT2D eigenvalue weighted by molar-refractivity contribution is 5.31. The van der Waals surface area contributed by atoms with Crippen molar-refractivity contribution in [3.63, 3.8) is 0 Å². The summed E-state index contributed by atoms with van der Waals surface area (Å²) >= 11 is 0. The van der Waals surface area contributed by atoms with Gasteiger partial charge in [-0.05, 0) is 62.6 Å². The predicted molar refractivity (Wildman–Crippen MR) is 111 cm³/mol. The molecule has 0 spiro atoms. The minimum Gasteiger partial charge on any atom is -0.497 e. The monoisotopic (exact) mass is 371 g/mol. The second-order valence-corrected chi connectivity index (χ2v) is 7.26. The lowest BCUT2D eigenvalue weighted by Gasteiger charge is -2.31. The van der Waals surface area contributed by atoms with Crippen LogP contribution >= 0.6 is 0 Å². The second-order valence-electron chi connectivity index (χ2n) is 7.26. The van der Waals surface area contributed by atoms with Crippen molar-refractivity contribution in [3.8, 4) is 11.5 Å². The molecule has 2 rings (SSSR count). The Morgan fingerprint density at radius 3 is 2.30 bits per heavy atom. The second kappa shape index (κ2) is 10.3. The average molecular weight is 372 g/mol. The zero-order chi connectivity index (χ0) is 19.8. The number of benzene rings is 2. The van der Waals surface area contributed by atoms with Gasteiger partial charge in [0.1, 0.15) is 24.2 Å². The zero-order valence-corrected chi connectivity index (χ0v) is 17.2. The SMILES string of the molecule is CC[C@@H](C)N(Cc1ccc(C)cc1C)C[C@@H](O)COc1ccc(OC)cc1. The minimum atomic E-state index is -0.549. The van der Waals surface area contributed by atoms with E-state index in [2.05, 4.69) is 50.8 Å². The van der Waals surface area contributed by atoms with Crippen LogP contribution in [0.4, 0.5) is 0 Å². The Balaban J connectivity index is 1.95. The van der Waals surface area contributed by atoms with Crippen LogP contribution in [-0.2, 0) is 6.54 Å². The third-order valence-corrected chi connectivity index (χ3v) is 5.03. The van der Waals surface area contributed by atoms with Gasteiger partial charge >= 0.3 is 0 Å². The van der Waals surface area contributed by atoms with Crippen molar-refractivity contribution in [1.82, 2.24) is 4.90 Å². The van der Waals surface area contributed by atoms with E-state index in [0.29, 0.717) is 12.6 Å². The van der Waals surface area contributed by atoms with Gasteiger partial charge in [-0.1, -0.05) is 30.7 Å². The molecule has 0 aliphatic rings. The van der Waals surface area contributed by atoms with Crippen LogP contribution in [0.3, 0.4) is 0 Å².